The van der Waals surface area contributed by atoms with Crippen molar-refractivity contribution in [1.82, 2.24) is 9.29 Å². The van der Waals surface area contributed by atoms with Crippen molar-refractivity contribution in [3.8, 4) is 0 Å². The van der Waals surface area contributed by atoms with Crippen molar-refractivity contribution in [3.63, 3.8) is 0 Å². The summed E-state index contributed by atoms with van der Waals surface area (Å²) in [6, 6.07) is 6.58. The Labute approximate surface area is 186 Å². The van der Waals surface area contributed by atoms with E-state index in [2.05, 4.69) is 4.98 Å². The Kier molecular flexibility index (Phi) is 6.25. The van der Waals surface area contributed by atoms with Gasteiger partial charge in [-0.25, -0.2) is 26.6 Å². The van der Waals surface area contributed by atoms with E-state index in [0.29, 0.717) is 35.9 Å². The van der Waals surface area contributed by atoms with Crippen LogP contribution in [0.2, 0.25) is 5.02 Å². The molecule has 0 radical (unpaired) electrons. The first-order chi connectivity index (χ1) is 14.7. The Morgan fingerprint density at radius 2 is 1.65 bits per heavy atom. The summed E-state index contributed by atoms with van der Waals surface area (Å²) in [6.07, 6.45) is 0.294. The predicted octanol–water partition coefficient (Wildman–Crippen LogP) is 4.32. The number of halogens is 4. The van der Waals surface area contributed by atoms with Gasteiger partial charge in [-0.3, -0.25) is 0 Å². The van der Waals surface area contributed by atoms with Gasteiger partial charge in [-0.1, -0.05) is 11.6 Å². The van der Waals surface area contributed by atoms with Gasteiger partial charge in [0, 0.05) is 44.0 Å². The Morgan fingerprint density at radius 1 is 0.968 bits per heavy atom. The summed E-state index contributed by atoms with van der Waals surface area (Å²) in [7, 11) is -3.84. The summed E-state index contributed by atoms with van der Waals surface area (Å²) in [4.78, 5) is 6.36. The van der Waals surface area contributed by atoms with Crippen molar-refractivity contribution < 1.29 is 21.6 Å². The van der Waals surface area contributed by atoms with Crippen LogP contribution in [0.5, 0.6) is 0 Å². The highest BCUT2D eigenvalue weighted by atomic mass is 35.5. The zero-order valence-electron chi connectivity index (χ0n) is 16.1. The molecule has 164 valence electrons. The van der Waals surface area contributed by atoms with E-state index in [0.717, 1.165) is 18.2 Å². The highest BCUT2D eigenvalue weighted by Crippen LogP contribution is 2.28. The van der Waals surface area contributed by atoms with Crippen LogP contribution in [0.3, 0.4) is 0 Å². The predicted molar refractivity (Wildman–Crippen MR) is 114 cm³/mol. The van der Waals surface area contributed by atoms with Crippen LogP contribution in [0.4, 0.5) is 18.3 Å². The van der Waals surface area contributed by atoms with Crippen LogP contribution in [-0.4, -0.2) is 43.9 Å². The molecule has 0 atom stereocenters. The van der Waals surface area contributed by atoms with Crippen molar-refractivity contribution in [2.45, 2.75) is 11.3 Å². The fourth-order valence-electron chi connectivity index (χ4n) is 3.39. The van der Waals surface area contributed by atoms with Gasteiger partial charge >= 0.3 is 0 Å². The minimum absolute atomic E-state index is 0.122. The number of benzene rings is 2. The van der Waals surface area contributed by atoms with Crippen molar-refractivity contribution >= 4 is 38.1 Å². The van der Waals surface area contributed by atoms with E-state index in [1.165, 1.54) is 33.8 Å². The van der Waals surface area contributed by atoms with Gasteiger partial charge < -0.3 is 4.90 Å². The molecular formula is C20H17ClF3N3O2S2. The van der Waals surface area contributed by atoms with E-state index in [4.69, 9.17) is 11.6 Å². The third-order valence-corrected chi connectivity index (χ3v) is 8.20. The van der Waals surface area contributed by atoms with Gasteiger partial charge in [-0.05, 0) is 35.9 Å². The quantitative estimate of drug-likeness (QED) is 0.538. The average molecular weight is 488 g/mol. The van der Waals surface area contributed by atoms with Crippen LogP contribution in [0.15, 0.2) is 46.7 Å². The first-order valence-corrected chi connectivity index (χ1v) is 12.0. The van der Waals surface area contributed by atoms with Gasteiger partial charge in [-0.15, -0.1) is 11.3 Å². The third kappa shape index (κ3) is 4.87. The van der Waals surface area contributed by atoms with Crippen LogP contribution in [0, 0.1) is 17.5 Å². The third-order valence-electron chi connectivity index (χ3n) is 4.87. The van der Waals surface area contributed by atoms with E-state index >= 15 is 0 Å². The molecule has 1 aromatic heterocycles. The van der Waals surface area contributed by atoms with Crippen LogP contribution in [-0.2, 0) is 16.4 Å². The van der Waals surface area contributed by atoms with Gasteiger partial charge in [0.1, 0.15) is 22.3 Å². The molecule has 0 unspecified atom stereocenters. The van der Waals surface area contributed by atoms with Gasteiger partial charge in [-0.2, -0.15) is 4.31 Å². The van der Waals surface area contributed by atoms with Crippen LogP contribution >= 0.6 is 22.9 Å². The molecule has 0 bridgehead atoms. The molecule has 2 heterocycles. The largest absolute Gasteiger partial charge is 0.345 e. The molecule has 0 amide bonds. The molecule has 11 heteroatoms. The van der Waals surface area contributed by atoms with Gasteiger partial charge in [0.2, 0.25) is 10.0 Å². The molecule has 5 nitrogen and oxygen atoms in total. The lowest BCUT2D eigenvalue weighted by molar-refractivity contribution is 0.384. The van der Waals surface area contributed by atoms with E-state index in [9.17, 15) is 21.6 Å². The Morgan fingerprint density at radius 3 is 2.29 bits per heavy atom. The van der Waals surface area contributed by atoms with E-state index in [1.54, 1.807) is 0 Å². The number of aromatic nitrogens is 1. The fourth-order valence-corrected chi connectivity index (χ4v) is 6.19. The van der Waals surface area contributed by atoms with Crippen LogP contribution in [0.25, 0.3) is 0 Å². The molecule has 1 aliphatic rings. The summed E-state index contributed by atoms with van der Waals surface area (Å²) < 4.78 is 67.0. The van der Waals surface area contributed by atoms with E-state index < -0.39 is 27.5 Å². The zero-order chi connectivity index (χ0) is 22.2. The standard InChI is InChI=1S/C20H17ClF3N3O2S2/c21-18-11-14(22)1-2-19(18)31(28,29)27-5-3-26(4-6-27)20-25-17(12-30-20)9-13-7-15(23)10-16(24)8-13/h1-2,7-8,10-12H,3-6,9H2. The minimum atomic E-state index is -3.84. The topological polar surface area (TPSA) is 53.5 Å². The fraction of sp³-hybridized carbons (Fsp3) is 0.250. The second-order valence-electron chi connectivity index (χ2n) is 7.04. The van der Waals surface area contributed by atoms with Gasteiger partial charge in [0.15, 0.2) is 5.13 Å². The minimum Gasteiger partial charge on any atom is -0.345 e. The molecule has 0 spiro atoms. The number of thiazole rings is 1. The SMILES string of the molecule is O=S(=O)(c1ccc(F)cc1Cl)N1CCN(c2nc(Cc3cc(F)cc(F)c3)cs2)CC1. The number of hydrogen-bond donors (Lipinski definition) is 0. The number of sulfonamides is 1. The maximum atomic E-state index is 13.4. The molecule has 3 aromatic rings. The smallest absolute Gasteiger partial charge is 0.244 e. The second kappa shape index (κ2) is 8.78. The Bertz CT molecular complexity index is 1190. The summed E-state index contributed by atoms with van der Waals surface area (Å²) in [5.74, 6) is -1.87. The van der Waals surface area contributed by atoms with Gasteiger partial charge in [0.05, 0.1) is 10.7 Å². The Hall–Kier alpha value is -2.14. The maximum Gasteiger partial charge on any atom is 0.244 e. The van der Waals surface area contributed by atoms with Gasteiger partial charge in [0.25, 0.3) is 0 Å². The first-order valence-electron chi connectivity index (χ1n) is 9.32. The summed E-state index contributed by atoms with van der Waals surface area (Å²) in [5.41, 5.74) is 1.17. The Balaban J connectivity index is 1.42. The number of nitrogens with zero attached hydrogens (tertiary/aromatic N) is 3. The zero-order valence-corrected chi connectivity index (χ0v) is 18.5. The molecule has 1 aliphatic heterocycles. The molecule has 0 saturated carbocycles. The lowest BCUT2D eigenvalue weighted by Crippen LogP contribution is -2.48. The normalized spacial score (nSPS) is 15.4. The average Bonchev–Trinajstić information content (AvgIpc) is 3.15. The molecule has 4 rings (SSSR count). The molecule has 2 aromatic carbocycles. The van der Waals surface area contributed by atoms with Crippen molar-refractivity contribution in [2.24, 2.45) is 0 Å². The molecule has 0 aliphatic carbocycles. The second-order valence-corrected chi connectivity index (χ2v) is 10.2. The maximum absolute atomic E-state index is 13.4. The summed E-state index contributed by atoms with van der Waals surface area (Å²) in [5, 5.41) is 2.38. The molecule has 1 fully saturated rings. The monoisotopic (exact) mass is 487 g/mol. The lowest BCUT2D eigenvalue weighted by atomic mass is 10.1. The highest BCUT2D eigenvalue weighted by Gasteiger charge is 2.31. The number of rotatable bonds is 5. The number of anilines is 1. The molecule has 1 saturated heterocycles. The van der Waals surface area contributed by atoms with Crippen LogP contribution < -0.4 is 4.90 Å². The molecular weight excluding hydrogens is 471 g/mol. The summed E-state index contributed by atoms with van der Waals surface area (Å²) >= 11 is 7.32. The number of piperazine rings is 1. The van der Waals surface area contributed by atoms with Crippen molar-refractivity contribution in [3.05, 3.63) is 75.5 Å². The lowest BCUT2D eigenvalue weighted by Gasteiger charge is -2.33. The van der Waals surface area contributed by atoms with E-state index in [-0.39, 0.29) is 23.0 Å². The van der Waals surface area contributed by atoms with Crippen molar-refractivity contribution in [2.75, 3.05) is 31.1 Å². The van der Waals surface area contributed by atoms with Crippen LogP contribution in [0.1, 0.15) is 11.3 Å². The molecule has 31 heavy (non-hydrogen) atoms. The first kappa shape index (κ1) is 22.1. The van der Waals surface area contributed by atoms with E-state index in [1.807, 2.05) is 10.3 Å². The number of hydrogen-bond acceptors (Lipinski definition) is 5. The molecule has 0 N–H and O–H groups in total. The summed E-state index contributed by atoms with van der Waals surface area (Å²) in [6.45, 7) is 1.28. The highest BCUT2D eigenvalue weighted by molar-refractivity contribution is 7.89. The van der Waals surface area contributed by atoms with Crippen molar-refractivity contribution in [1.29, 1.82) is 0 Å².